The maximum Gasteiger partial charge on any atom is 0.256 e. The van der Waals surface area contributed by atoms with Crippen molar-refractivity contribution in [2.24, 2.45) is 0 Å². The molecule has 120 valence electrons. The van der Waals surface area contributed by atoms with Crippen LogP contribution in [0.3, 0.4) is 0 Å². The third-order valence-corrected chi connectivity index (χ3v) is 4.17. The van der Waals surface area contributed by atoms with Crippen molar-refractivity contribution in [3.8, 4) is 0 Å². The van der Waals surface area contributed by atoms with Crippen LogP contribution in [0.25, 0.3) is 0 Å². The summed E-state index contributed by atoms with van der Waals surface area (Å²) < 4.78 is 11.0. The first-order valence-corrected chi connectivity index (χ1v) is 7.24. The molecule has 1 N–H and O–H groups in total. The molecule has 1 saturated heterocycles. The monoisotopic (exact) mass is 307 g/mol. The zero-order valence-corrected chi connectivity index (χ0v) is 12.6. The normalized spacial score (nSPS) is 23.0. The van der Waals surface area contributed by atoms with Gasteiger partial charge in [-0.2, -0.15) is 0 Å². The van der Waals surface area contributed by atoms with Crippen LogP contribution in [-0.4, -0.2) is 48.5 Å². The zero-order chi connectivity index (χ0) is 15.9. The minimum absolute atomic E-state index is 0.284. The number of aliphatic hydroxyl groups excluding tert-OH is 1. The van der Waals surface area contributed by atoms with Gasteiger partial charge in [-0.3, -0.25) is 4.79 Å². The van der Waals surface area contributed by atoms with Gasteiger partial charge in [0.25, 0.3) is 5.91 Å². The lowest BCUT2D eigenvalue weighted by atomic mass is 10.1. The van der Waals surface area contributed by atoms with Crippen molar-refractivity contribution >= 4 is 11.6 Å². The average Bonchev–Trinajstić information content (AvgIpc) is 3.01. The van der Waals surface area contributed by atoms with Crippen LogP contribution in [0.1, 0.15) is 35.5 Å². The summed E-state index contributed by atoms with van der Waals surface area (Å²) in [5, 5.41) is 22.7. The molecule has 2 aliphatic heterocycles. The minimum atomic E-state index is -1.12. The summed E-state index contributed by atoms with van der Waals surface area (Å²) in [6.07, 6.45) is -0.674. The fourth-order valence-corrected chi connectivity index (χ4v) is 2.96. The van der Waals surface area contributed by atoms with Gasteiger partial charge in [-0.05, 0) is 26.1 Å². The van der Waals surface area contributed by atoms with Crippen LogP contribution in [0.2, 0.25) is 0 Å². The SMILES string of the molecule is CN([O-])c1cccc2c1C(O)N(CCC1(C)OCCO1)C2=O. The molecule has 2 aliphatic rings. The van der Waals surface area contributed by atoms with Crippen LogP contribution in [0.15, 0.2) is 18.2 Å². The van der Waals surface area contributed by atoms with Crippen LogP contribution < -0.4 is 5.06 Å². The van der Waals surface area contributed by atoms with E-state index < -0.39 is 12.0 Å². The average molecular weight is 307 g/mol. The van der Waals surface area contributed by atoms with Crippen LogP contribution in [0.4, 0.5) is 5.69 Å². The number of rotatable bonds is 4. The lowest BCUT2D eigenvalue weighted by Gasteiger charge is -2.30. The fourth-order valence-electron chi connectivity index (χ4n) is 2.96. The Bertz CT molecular complexity index is 583. The molecule has 7 heteroatoms. The van der Waals surface area contributed by atoms with Gasteiger partial charge in [0.15, 0.2) is 12.0 Å². The highest BCUT2D eigenvalue weighted by Crippen LogP contribution is 2.38. The van der Waals surface area contributed by atoms with E-state index in [-0.39, 0.29) is 12.5 Å². The number of anilines is 1. The first-order valence-electron chi connectivity index (χ1n) is 7.24. The number of nitrogens with zero attached hydrogens (tertiary/aromatic N) is 2. The van der Waals surface area contributed by atoms with Crippen LogP contribution >= 0.6 is 0 Å². The van der Waals surface area contributed by atoms with E-state index in [0.717, 1.165) is 0 Å². The molecule has 0 saturated carbocycles. The van der Waals surface area contributed by atoms with E-state index in [2.05, 4.69) is 0 Å². The topological polar surface area (TPSA) is 85.3 Å². The standard InChI is InChI=1S/C15H19N2O5/c1-15(21-8-9-22-15)6-7-17-13(18)10-4-3-5-11(16(2)20)12(10)14(17)19/h3-5,14,19H,6-9H2,1-2H3/q-1. The summed E-state index contributed by atoms with van der Waals surface area (Å²) in [4.78, 5) is 13.8. The molecule has 3 rings (SSSR count). The second-order valence-electron chi connectivity index (χ2n) is 5.69. The van der Waals surface area contributed by atoms with Gasteiger partial charge in [-0.15, -0.1) is 0 Å². The number of fused-ring (bicyclic) bond motifs is 1. The van der Waals surface area contributed by atoms with Gasteiger partial charge >= 0.3 is 0 Å². The van der Waals surface area contributed by atoms with Gasteiger partial charge in [-0.25, -0.2) is 0 Å². The predicted molar refractivity (Wildman–Crippen MR) is 79.1 cm³/mol. The highest BCUT2D eigenvalue weighted by Gasteiger charge is 2.39. The molecule has 1 aromatic rings. The largest absolute Gasteiger partial charge is 0.758 e. The third kappa shape index (κ3) is 2.46. The van der Waals surface area contributed by atoms with E-state index in [4.69, 9.17) is 9.47 Å². The maximum absolute atomic E-state index is 12.5. The van der Waals surface area contributed by atoms with Gasteiger partial charge in [-0.1, -0.05) is 6.07 Å². The fraction of sp³-hybridized carbons (Fsp3) is 0.533. The molecule has 1 aromatic carbocycles. The zero-order valence-electron chi connectivity index (χ0n) is 12.6. The Kier molecular flexibility index (Phi) is 3.82. The quantitative estimate of drug-likeness (QED) is 0.842. The highest BCUT2D eigenvalue weighted by atomic mass is 16.7. The van der Waals surface area contributed by atoms with Crippen molar-refractivity contribution in [1.82, 2.24) is 4.90 Å². The van der Waals surface area contributed by atoms with E-state index in [1.807, 2.05) is 6.92 Å². The Hall–Kier alpha value is -1.67. The third-order valence-electron chi connectivity index (χ3n) is 4.17. The van der Waals surface area contributed by atoms with Crippen molar-refractivity contribution in [3.05, 3.63) is 34.5 Å². The van der Waals surface area contributed by atoms with Gasteiger partial charge in [0.1, 0.15) is 0 Å². The summed E-state index contributed by atoms with van der Waals surface area (Å²) in [6, 6.07) is 4.86. The van der Waals surface area contributed by atoms with Crippen molar-refractivity contribution in [2.75, 3.05) is 31.9 Å². The summed E-state index contributed by atoms with van der Waals surface area (Å²) >= 11 is 0. The number of carbonyl (C=O) groups excluding carboxylic acids is 1. The molecule has 0 radical (unpaired) electrons. The molecule has 1 unspecified atom stereocenters. The number of ether oxygens (including phenoxy) is 2. The second-order valence-corrected chi connectivity index (χ2v) is 5.69. The Labute approximate surface area is 128 Å². The van der Waals surface area contributed by atoms with Crippen molar-refractivity contribution in [2.45, 2.75) is 25.4 Å². The van der Waals surface area contributed by atoms with Crippen LogP contribution in [-0.2, 0) is 9.47 Å². The molecule has 1 fully saturated rings. The van der Waals surface area contributed by atoms with Gasteiger partial charge in [0.2, 0.25) is 0 Å². The minimum Gasteiger partial charge on any atom is -0.758 e. The van der Waals surface area contributed by atoms with E-state index in [1.165, 1.54) is 11.9 Å². The number of hydrogen-bond donors (Lipinski definition) is 1. The summed E-state index contributed by atoms with van der Waals surface area (Å²) in [7, 11) is 1.34. The summed E-state index contributed by atoms with van der Waals surface area (Å²) in [5.74, 6) is -1.01. The molecule has 0 bridgehead atoms. The Balaban J connectivity index is 1.81. The molecule has 0 aromatic heterocycles. The molecule has 22 heavy (non-hydrogen) atoms. The lowest BCUT2D eigenvalue weighted by Crippen LogP contribution is -2.35. The van der Waals surface area contributed by atoms with Gasteiger partial charge < -0.3 is 29.8 Å². The second kappa shape index (κ2) is 5.51. The van der Waals surface area contributed by atoms with Crippen LogP contribution in [0.5, 0.6) is 0 Å². The Morgan fingerprint density at radius 3 is 2.77 bits per heavy atom. The smallest absolute Gasteiger partial charge is 0.256 e. The molecule has 1 atom stereocenters. The van der Waals surface area contributed by atoms with Crippen LogP contribution in [0, 0.1) is 5.21 Å². The molecule has 0 spiro atoms. The summed E-state index contributed by atoms with van der Waals surface area (Å²) in [6.45, 7) is 3.15. The molecule has 0 aliphatic carbocycles. The number of aliphatic hydroxyl groups is 1. The van der Waals surface area contributed by atoms with Crippen molar-refractivity contribution in [3.63, 3.8) is 0 Å². The Morgan fingerprint density at radius 2 is 2.14 bits per heavy atom. The first-order chi connectivity index (χ1) is 10.4. The Morgan fingerprint density at radius 1 is 1.45 bits per heavy atom. The number of amides is 1. The molecule has 1 amide bonds. The van der Waals surface area contributed by atoms with E-state index in [9.17, 15) is 15.1 Å². The van der Waals surface area contributed by atoms with E-state index in [1.54, 1.807) is 18.2 Å². The number of carbonyl (C=O) groups is 1. The van der Waals surface area contributed by atoms with E-state index in [0.29, 0.717) is 41.5 Å². The van der Waals surface area contributed by atoms with Gasteiger partial charge in [0, 0.05) is 29.8 Å². The molecule has 7 nitrogen and oxygen atoms in total. The van der Waals surface area contributed by atoms with Crippen molar-refractivity contribution in [1.29, 1.82) is 0 Å². The van der Waals surface area contributed by atoms with Crippen molar-refractivity contribution < 1.29 is 19.4 Å². The number of hydroxylamine groups is 1. The molecular weight excluding hydrogens is 288 g/mol. The summed E-state index contributed by atoms with van der Waals surface area (Å²) in [5.41, 5.74) is 1.04. The molecule has 2 heterocycles. The number of hydrogen-bond acceptors (Lipinski definition) is 6. The van der Waals surface area contributed by atoms with Gasteiger partial charge in [0.05, 0.1) is 13.2 Å². The molecular formula is C15H19N2O5-. The maximum atomic E-state index is 12.5. The van der Waals surface area contributed by atoms with E-state index >= 15 is 0 Å². The lowest BCUT2D eigenvalue weighted by molar-refractivity contribution is -0.151. The first kappa shape index (κ1) is 15.2. The highest BCUT2D eigenvalue weighted by molar-refractivity contribution is 6.00. The predicted octanol–water partition coefficient (Wildman–Crippen LogP) is 1.22. The number of benzene rings is 1.